The van der Waals surface area contributed by atoms with Crippen molar-refractivity contribution < 1.29 is 0 Å². The Balaban J connectivity index is 0.00000132. The number of allylic oxidation sites excluding steroid dienone is 1. The quantitative estimate of drug-likeness (QED) is 0.836. The van der Waals surface area contributed by atoms with E-state index in [4.69, 9.17) is 0 Å². The van der Waals surface area contributed by atoms with Crippen molar-refractivity contribution in [1.82, 2.24) is 5.32 Å². The van der Waals surface area contributed by atoms with E-state index in [9.17, 15) is 0 Å². The lowest BCUT2D eigenvalue weighted by molar-refractivity contribution is 0.627. The maximum atomic E-state index is 3.39. The van der Waals surface area contributed by atoms with Gasteiger partial charge < -0.3 is 5.32 Å². The van der Waals surface area contributed by atoms with Crippen LogP contribution in [0.1, 0.15) is 30.4 Å². The number of likely N-dealkylation sites (N-methyl/N-ethyl adjacent to an activating group) is 1. The molecule has 1 aromatic heterocycles. The van der Waals surface area contributed by atoms with Crippen molar-refractivity contribution in [1.29, 1.82) is 0 Å². The summed E-state index contributed by atoms with van der Waals surface area (Å²) in [5, 5.41) is 7.15. The third-order valence-corrected chi connectivity index (χ3v) is 6.28. The minimum atomic E-state index is 0. The second kappa shape index (κ2) is 5.75. The van der Waals surface area contributed by atoms with Crippen LogP contribution in [0.2, 0.25) is 0 Å². The fourth-order valence-electron chi connectivity index (χ4n) is 4.26. The molecule has 21 heavy (non-hydrogen) atoms. The summed E-state index contributed by atoms with van der Waals surface area (Å²) in [5.41, 5.74) is 6.33. The van der Waals surface area contributed by atoms with E-state index in [0.717, 1.165) is 18.4 Å². The van der Waals surface area contributed by atoms with Gasteiger partial charge in [-0.25, -0.2) is 0 Å². The molecule has 1 aromatic carbocycles. The summed E-state index contributed by atoms with van der Waals surface area (Å²) in [4.78, 5) is 0. The van der Waals surface area contributed by atoms with Gasteiger partial charge >= 0.3 is 0 Å². The number of hydrogen-bond donors (Lipinski definition) is 1. The number of halogens is 1. The van der Waals surface area contributed by atoms with E-state index in [1.54, 1.807) is 11.1 Å². The zero-order valence-electron chi connectivity index (χ0n) is 12.6. The predicted octanol–water partition coefficient (Wildman–Crippen LogP) is 5.03. The van der Waals surface area contributed by atoms with Gasteiger partial charge in [0.25, 0.3) is 0 Å². The van der Waals surface area contributed by atoms with Crippen molar-refractivity contribution in [3.63, 3.8) is 0 Å². The van der Waals surface area contributed by atoms with Crippen molar-refractivity contribution >= 4 is 39.4 Å². The minimum Gasteiger partial charge on any atom is -0.316 e. The molecular formula is C18H22ClNS. The topological polar surface area (TPSA) is 12.0 Å². The Labute approximate surface area is 136 Å². The third-order valence-electron chi connectivity index (χ3n) is 5.13. The van der Waals surface area contributed by atoms with Crippen LogP contribution in [0, 0.1) is 18.8 Å². The Morgan fingerprint density at radius 3 is 2.86 bits per heavy atom. The SMILES string of the molecule is CNCC1=C(c2cccc3c(C)csc23)[C@H]2CC[C@@H]1C2.Cl. The molecule has 2 atom stereocenters. The number of nitrogens with one attached hydrogen (secondary N) is 1. The monoisotopic (exact) mass is 319 g/mol. The van der Waals surface area contributed by atoms with Crippen LogP contribution >= 0.6 is 23.7 Å². The predicted molar refractivity (Wildman–Crippen MR) is 95.5 cm³/mol. The molecule has 1 saturated carbocycles. The Kier molecular flexibility index (Phi) is 4.13. The number of thiophene rings is 1. The smallest absolute Gasteiger partial charge is 0.0420 e. The summed E-state index contributed by atoms with van der Waals surface area (Å²) in [6.07, 6.45) is 4.20. The van der Waals surface area contributed by atoms with Crippen molar-refractivity contribution in [3.05, 3.63) is 40.3 Å². The second-order valence-corrected chi connectivity index (χ2v) is 7.16. The highest BCUT2D eigenvalue weighted by atomic mass is 35.5. The van der Waals surface area contributed by atoms with Crippen LogP contribution in [-0.2, 0) is 0 Å². The Hall–Kier alpha value is -0.830. The van der Waals surface area contributed by atoms with Crippen molar-refractivity contribution in [2.24, 2.45) is 11.8 Å². The molecule has 1 fully saturated rings. The van der Waals surface area contributed by atoms with Gasteiger partial charge in [0.1, 0.15) is 0 Å². The van der Waals surface area contributed by atoms with Gasteiger partial charge in [0.15, 0.2) is 0 Å². The van der Waals surface area contributed by atoms with Crippen LogP contribution in [0.15, 0.2) is 29.2 Å². The van der Waals surface area contributed by atoms with Gasteiger partial charge in [-0.1, -0.05) is 18.2 Å². The largest absolute Gasteiger partial charge is 0.316 e. The van der Waals surface area contributed by atoms with E-state index in [1.807, 2.05) is 11.3 Å². The second-order valence-electron chi connectivity index (χ2n) is 6.28. The van der Waals surface area contributed by atoms with E-state index in [0.29, 0.717) is 0 Å². The van der Waals surface area contributed by atoms with Gasteiger partial charge in [-0.05, 0) is 78.1 Å². The first-order valence-corrected chi connectivity index (χ1v) is 8.52. The molecule has 112 valence electrons. The standard InChI is InChI=1S/C18H21NS.ClH/c1-11-10-20-18-14(11)4-3-5-15(18)17-13-7-6-12(8-13)16(17)9-19-2;/h3-5,10,12-13,19H,6-9H2,1-2H3;1H/t12-,13+;/m1./s1. The number of aryl methyl sites for hydroxylation is 1. The van der Waals surface area contributed by atoms with E-state index < -0.39 is 0 Å². The van der Waals surface area contributed by atoms with Gasteiger partial charge in [0.2, 0.25) is 0 Å². The van der Waals surface area contributed by atoms with Gasteiger partial charge in [0.05, 0.1) is 0 Å². The van der Waals surface area contributed by atoms with Gasteiger partial charge in [0, 0.05) is 11.2 Å². The number of benzene rings is 1. The van der Waals surface area contributed by atoms with Crippen LogP contribution in [0.4, 0.5) is 0 Å². The number of fused-ring (bicyclic) bond motifs is 3. The highest BCUT2D eigenvalue weighted by Gasteiger charge is 2.39. The Morgan fingerprint density at radius 2 is 2.05 bits per heavy atom. The first-order valence-electron chi connectivity index (χ1n) is 7.64. The van der Waals surface area contributed by atoms with Crippen molar-refractivity contribution in [2.45, 2.75) is 26.2 Å². The van der Waals surface area contributed by atoms with Crippen molar-refractivity contribution in [3.8, 4) is 0 Å². The van der Waals surface area contributed by atoms with E-state index in [2.05, 4.69) is 42.9 Å². The van der Waals surface area contributed by atoms with E-state index in [1.165, 1.54) is 40.5 Å². The highest BCUT2D eigenvalue weighted by Crippen LogP contribution is 2.53. The molecule has 2 aliphatic rings. The van der Waals surface area contributed by atoms with Crippen LogP contribution < -0.4 is 5.32 Å². The molecule has 1 N–H and O–H groups in total. The minimum absolute atomic E-state index is 0. The van der Waals surface area contributed by atoms with Crippen LogP contribution in [0.3, 0.4) is 0 Å². The molecule has 0 spiro atoms. The molecule has 1 nitrogen and oxygen atoms in total. The number of rotatable bonds is 3. The zero-order valence-corrected chi connectivity index (χ0v) is 14.2. The van der Waals surface area contributed by atoms with Crippen LogP contribution in [-0.4, -0.2) is 13.6 Å². The third kappa shape index (κ3) is 2.25. The van der Waals surface area contributed by atoms with Crippen LogP contribution in [0.25, 0.3) is 15.7 Å². The maximum absolute atomic E-state index is 3.39. The summed E-state index contributed by atoms with van der Waals surface area (Å²) >= 11 is 1.92. The van der Waals surface area contributed by atoms with E-state index >= 15 is 0 Å². The Morgan fingerprint density at radius 1 is 1.24 bits per heavy atom. The molecule has 3 heteroatoms. The molecule has 2 bridgehead atoms. The van der Waals surface area contributed by atoms with Crippen LogP contribution in [0.5, 0.6) is 0 Å². The molecule has 4 rings (SSSR count). The molecule has 0 radical (unpaired) electrons. The van der Waals surface area contributed by atoms with Gasteiger partial charge in [-0.2, -0.15) is 0 Å². The fourth-order valence-corrected chi connectivity index (χ4v) is 5.35. The van der Waals surface area contributed by atoms with Crippen molar-refractivity contribution in [2.75, 3.05) is 13.6 Å². The molecule has 2 aliphatic carbocycles. The molecule has 2 aromatic rings. The first-order chi connectivity index (χ1) is 9.79. The van der Waals surface area contributed by atoms with E-state index in [-0.39, 0.29) is 12.4 Å². The molecule has 0 amide bonds. The molecule has 0 aliphatic heterocycles. The van der Waals surface area contributed by atoms with Gasteiger partial charge in [-0.3, -0.25) is 0 Å². The number of hydrogen-bond acceptors (Lipinski definition) is 2. The summed E-state index contributed by atoms with van der Waals surface area (Å²) in [6.45, 7) is 3.30. The summed E-state index contributed by atoms with van der Waals surface area (Å²) in [6, 6.07) is 6.87. The fraction of sp³-hybridized carbons (Fsp3) is 0.444. The lowest BCUT2D eigenvalue weighted by Crippen LogP contribution is -2.16. The summed E-state index contributed by atoms with van der Waals surface area (Å²) in [7, 11) is 2.08. The Bertz CT molecular complexity index is 700. The molecular weight excluding hydrogens is 298 g/mol. The summed E-state index contributed by atoms with van der Waals surface area (Å²) in [5.74, 6) is 1.66. The molecule has 0 unspecified atom stereocenters. The lowest BCUT2D eigenvalue weighted by Gasteiger charge is -2.21. The molecule has 0 saturated heterocycles. The highest BCUT2D eigenvalue weighted by molar-refractivity contribution is 7.17. The first kappa shape index (κ1) is 15.1. The summed E-state index contributed by atoms with van der Waals surface area (Å²) < 4.78 is 1.50. The average Bonchev–Trinajstić information content (AvgIpc) is 3.14. The lowest BCUT2D eigenvalue weighted by atomic mass is 9.86. The normalized spacial score (nSPS) is 23.9. The average molecular weight is 320 g/mol. The van der Waals surface area contributed by atoms with Gasteiger partial charge in [-0.15, -0.1) is 23.7 Å². The maximum Gasteiger partial charge on any atom is 0.0420 e. The zero-order chi connectivity index (χ0) is 13.7. The molecule has 1 heterocycles.